The second-order valence-corrected chi connectivity index (χ2v) is 5.84. The molecule has 0 bridgehead atoms. The van der Waals surface area contributed by atoms with E-state index >= 15 is 0 Å². The lowest BCUT2D eigenvalue weighted by atomic mass is 9.87. The molecule has 1 aromatic carbocycles. The van der Waals surface area contributed by atoms with E-state index in [4.69, 9.17) is 11.6 Å². The van der Waals surface area contributed by atoms with Crippen molar-refractivity contribution in [2.75, 3.05) is 0 Å². The number of hydrogen-bond acceptors (Lipinski definition) is 2. The predicted molar refractivity (Wildman–Crippen MR) is 76.7 cm³/mol. The Hall–Kier alpha value is -1.88. The van der Waals surface area contributed by atoms with E-state index in [1.165, 1.54) is 22.9 Å². The van der Waals surface area contributed by atoms with Crippen LogP contribution in [-0.2, 0) is 12.8 Å². The maximum absolute atomic E-state index is 13.5. The summed E-state index contributed by atoms with van der Waals surface area (Å²) in [6.07, 6.45) is 2.33. The molecule has 0 fully saturated rings. The lowest BCUT2D eigenvalue weighted by molar-refractivity contribution is 0.0688. The fourth-order valence-corrected chi connectivity index (χ4v) is 3.01. The Balaban J connectivity index is 2.22. The number of nitrogens with zero attached hydrogens (tertiary/aromatic N) is 2. The van der Waals surface area contributed by atoms with Crippen molar-refractivity contribution in [3.63, 3.8) is 0 Å². The lowest BCUT2D eigenvalue weighted by Crippen LogP contribution is -2.14. The van der Waals surface area contributed by atoms with Crippen LogP contribution in [-0.4, -0.2) is 20.9 Å². The maximum atomic E-state index is 13.5. The van der Waals surface area contributed by atoms with Crippen molar-refractivity contribution >= 4 is 17.6 Å². The van der Waals surface area contributed by atoms with Crippen LogP contribution in [0, 0.1) is 11.7 Å². The summed E-state index contributed by atoms with van der Waals surface area (Å²) in [5.41, 5.74) is 1.98. The van der Waals surface area contributed by atoms with Crippen molar-refractivity contribution in [1.82, 2.24) is 9.78 Å². The van der Waals surface area contributed by atoms with Gasteiger partial charge in [0, 0.05) is 17.3 Å². The fourth-order valence-electron chi connectivity index (χ4n) is 2.81. The fraction of sp³-hybridized carbons (Fsp3) is 0.333. The Morgan fingerprint density at radius 3 is 3.00 bits per heavy atom. The van der Waals surface area contributed by atoms with Gasteiger partial charge in [-0.15, -0.1) is 0 Å². The number of carbonyl (C=O) groups is 1. The van der Waals surface area contributed by atoms with Gasteiger partial charge in [-0.25, -0.2) is 13.9 Å². The summed E-state index contributed by atoms with van der Waals surface area (Å²) in [5.74, 6) is -1.08. The van der Waals surface area contributed by atoms with Crippen LogP contribution in [0.25, 0.3) is 5.69 Å². The van der Waals surface area contributed by atoms with Gasteiger partial charge in [0.15, 0.2) is 5.69 Å². The Morgan fingerprint density at radius 1 is 1.52 bits per heavy atom. The molecule has 0 saturated heterocycles. The first-order valence-corrected chi connectivity index (χ1v) is 7.14. The van der Waals surface area contributed by atoms with Crippen LogP contribution < -0.4 is 0 Å². The molecule has 0 amide bonds. The molecule has 3 rings (SSSR count). The van der Waals surface area contributed by atoms with Crippen LogP contribution >= 0.6 is 11.6 Å². The Labute approximate surface area is 126 Å². The average molecular weight is 309 g/mol. The second-order valence-electron chi connectivity index (χ2n) is 5.43. The number of hydrogen-bond donors (Lipinski definition) is 1. The monoisotopic (exact) mass is 308 g/mol. The molecule has 0 saturated carbocycles. The summed E-state index contributed by atoms with van der Waals surface area (Å²) in [7, 11) is 0. The van der Waals surface area contributed by atoms with E-state index in [1.807, 2.05) is 0 Å². The zero-order chi connectivity index (χ0) is 15.1. The average Bonchev–Trinajstić information content (AvgIpc) is 2.80. The number of aromatic nitrogens is 2. The molecular weight excluding hydrogens is 295 g/mol. The minimum Gasteiger partial charge on any atom is -0.476 e. The van der Waals surface area contributed by atoms with Crippen LogP contribution in [0.5, 0.6) is 0 Å². The molecular formula is C15H14ClFN2O2. The summed E-state index contributed by atoms with van der Waals surface area (Å²) in [5, 5.41) is 13.8. The molecule has 21 heavy (non-hydrogen) atoms. The van der Waals surface area contributed by atoms with Crippen molar-refractivity contribution in [2.24, 2.45) is 5.92 Å². The number of aromatic carboxylic acids is 1. The lowest BCUT2D eigenvalue weighted by Gasteiger charge is -2.20. The third kappa shape index (κ3) is 2.42. The molecule has 1 aliphatic rings. The Bertz CT molecular complexity index is 727. The third-order valence-corrected chi connectivity index (χ3v) is 4.17. The first-order valence-electron chi connectivity index (χ1n) is 6.77. The third-order valence-electron chi connectivity index (χ3n) is 3.86. The molecule has 1 N–H and O–H groups in total. The number of carboxylic acid groups (broad SMARTS) is 1. The van der Waals surface area contributed by atoms with Gasteiger partial charge >= 0.3 is 5.97 Å². The molecule has 110 valence electrons. The molecule has 1 aliphatic carbocycles. The summed E-state index contributed by atoms with van der Waals surface area (Å²) in [4.78, 5) is 11.4. The first kappa shape index (κ1) is 14.1. The van der Waals surface area contributed by atoms with Crippen LogP contribution in [0.4, 0.5) is 4.39 Å². The Kier molecular flexibility index (Phi) is 3.45. The van der Waals surface area contributed by atoms with E-state index < -0.39 is 11.8 Å². The number of benzene rings is 1. The molecule has 4 nitrogen and oxygen atoms in total. The van der Waals surface area contributed by atoms with Gasteiger partial charge in [0.25, 0.3) is 0 Å². The SMILES string of the molecule is CC1CCc2c(c(C(=O)O)nn2-c2cc(F)ccc2Cl)C1. The van der Waals surface area contributed by atoms with Gasteiger partial charge in [0.2, 0.25) is 0 Å². The number of carboxylic acids is 1. The molecule has 1 atom stereocenters. The van der Waals surface area contributed by atoms with Crippen LogP contribution in [0.3, 0.4) is 0 Å². The van der Waals surface area contributed by atoms with Crippen LogP contribution in [0.1, 0.15) is 35.1 Å². The molecule has 2 aromatic rings. The molecule has 1 unspecified atom stereocenters. The zero-order valence-electron chi connectivity index (χ0n) is 11.4. The van der Waals surface area contributed by atoms with Gasteiger partial charge in [0.05, 0.1) is 10.7 Å². The van der Waals surface area contributed by atoms with E-state index in [-0.39, 0.29) is 5.69 Å². The predicted octanol–water partition coefficient (Wildman–Crippen LogP) is 3.49. The standard InChI is InChI=1S/C15H14ClFN2O2/c1-8-2-5-12-10(6-8)14(15(20)21)18-19(12)13-7-9(17)3-4-11(13)16/h3-4,7-8H,2,5-6H2,1H3,(H,20,21). The van der Waals surface area contributed by atoms with E-state index in [1.54, 1.807) is 0 Å². The van der Waals surface area contributed by atoms with Crippen LogP contribution in [0.2, 0.25) is 5.02 Å². The quantitative estimate of drug-likeness (QED) is 0.924. The normalized spacial score (nSPS) is 17.6. The van der Waals surface area contributed by atoms with E-state index in [2.05, 4.69) is 12.0 Å². The zero-order valence-corrected chi connectivity index (χ0v) is 12.2. The number of fused-ring (bicyclic) bond motifs is 1. The summed E-state index contributed by atoms with van der Waals surface area (Å²) >= 11 is 6.12. The molecule has 6 heteroatoms. The highest BCUT2D eigenvalue weighted by Crippen LogP contribution is 2.32. The molecule has 1 heterocycles. The Morgan fingerprint density at radius 2 is 2.29 bits per heavy atom. The van der Waals surface area contributed by atoms with Gasteiger partial charge in [-0.3, -0.25) is 0 Å². The van der Waals surface area contributed by atoms with E-state index in [9.17, 15) is 14.3 Å². The molecule has 1 aromatic heterocycles. The highest BCUT2D eigenvalue weighted by atomic mass is 35.5. The number of halogens is 2. The highest BCUT2D eigenvalue weighted by Gasteiger charge is 2.28. The molecule has 0 spiro atoms. The topological polar surface area (TPSA) is 55.1 Å². The summed E-state index contributed by atoms with van der Waals surface area (Å²) in [6.45, 7) is 2.08. The summed E-state index contributed by atoms with van der Waals surface area (Å²) < 4.78 is 15.0. The van der Waals surface area contributed by atoms with Gasteiger partial charge in [-0.2, -0.15) is 5.10 Å². The molecule has 0 aliphatic heterocycles. The second kappa shape index (κ2) is 5.15. The molecule has 0 radical (unpaired) electrons. The van der Waals surface area contributed by atoms with E-state index in [0.717, 1.165) is 17.7 Å². The van der Waals surface area contributed by atoms with Crippen LogP contribution in [0.15, 0.2) is 18.2 Å². The van der Waals surface area contributed by atoms with Gasteiger partial charge in [-0.1, -0.05) is 18.5 Å². The first-order chi connectivity index (χ1) is 9.97. The highest BCUT2D eigenvalue weighted by molar-refractivity contribution is 6.32. The van der Waals surface area contributed by atoms with Crippen molar-refractivity contribution in [1.29, 1.82) is 0 Å². The van der Waals surface area contributed by atoms with E-state index in [0.29, 0.717) is 29.5 Å². The largest absolute Gasteiger partial charge is 0.476 e. The van der Waals surface area contributed by atoms with Crippen molar-refractivity contribution in [2.45, 2.75) is 26.2 Å². The van der Waals surface area contributed by atoms with Gasteiger partial charge < -0.3 is 5.11 Å². The van der Waals surface area contributed by atoms with Crippen molar-refractivity contribution < 1.29 is 14.3 Å². The van der Waals surface area contributed by atoms with Crippen molar-refractivity contribution in [3.05, 3.63) is 46.0 Å². The number of rotatable bonds is 2. The smallest absolute Gasteiger partial charge is 0.356 e. The van der Waals surface area contributed by atoms with Crippen molar-refractivity contribution in [3.8, 4) is 5.69 Å². The van der Waals surface area contributed by atoms with Gasteiger partial charge in [-0.05, 0) is 37.3 Å². The maximum Gasteiger partial charge on any atom is 0.356 e. The minimum atomic E-state index is -1.06. The minimum absolute atomic E-state index is 0.0388. The van der Waals surface area contributed by atoms with Gasteiger partial charge in [0.1, 0.15) is 5.82 Å². The summed E-state index contributed by atoms with van der Waals surface area (Å²) in [6, 6.07) is 3.99.